The summed E-state index contributed by atoms with van der Waals surface area (Å²) >= 11 is 1.63. The molecule has 1 amide bonds. The standard InChI is InChI=1S/C24H26N2O4S2/c1-19-12-14-21(15-13-19)31-17-16-25-24(27)18-26(32(2,28)29)22-10-6-7-11-23(22)30-20-8-4-3-5-9-20/h3-15H,16-18H2,1-2H3,(H,25,27). The zero-order valence-corrected chi connectivity index (χ0v) is 19.7. The van der Waals surface area contributed by atoms with Crippen LogP contribution in [0.1, 0.15) is 5.56 Å². The van der Waals surface area contributed by atoms with E-state index in [0.717, 1.165) is 15.5 Å². The van der Waals surface area contributed by atoms with Crippen molar-refractivity contribution in [1.82, 2.24) is 5.32 Å². The summed E-state index contributed by atoms with van der Waals surface area (Å²) in [7, 11) is -3.72. The molecule has 3 aromatic rings. The summed E-state index contributed by atoms with van der Waals surface area (Å²) in [5, 5.41) is 2.80. The molecule has 0 saturated carbocycles. The van der Waals surface area contributed by atoms with E-state index in [0.29, 0.717) is 29.5 Å². The second-order valence-electron chi connectivity index (χ2n) is 7.16. The van der Waals surface area contributed by atoms with Crippen LogP contribution in [0, 0.1) is 6.92 Å². The van der Waals surface area contributed by atoms with E-state index >= 15 is 0 Å². The summed E-state index contributed by atoms with van der Waals surface area (Å²) in [6.45, 7) is 2.13. The highest BCUT2D eigenvalue weighted by Gasteiger charge is 2.24. The quantitative estimate of drug-likeness (QED) is 0.350. The lowest BCUT2D eigenvalue weighted by Gasteiger charge is -2.24. The number of benzene rings is 3. The van der Waals surface area contributed by atoms with Gasteiger partial charge in [0.15, 0.2) is 5.75 Å². The topological polar surface area (TPSA) is 75.7 Å². The smallest absolute Gasteiger partial charge is 0.240 e. The second kappa shape index (κ2) is 11.1. The molecule has 6 nitrogen and oxygen atoms in total. The van der Waals surface area contributed by atoms with E-state index in [1.807, 2.05) is 49.4 Å². The number of amides is 1. The molecular weight excluding hydrogens is 444 g/mol. The maximum atomic E-state index is 12.5. The Morgan fingerprint density at radius 3 is 2.31 bits per heavy atom. The van der Waals surface area contributed by atoms with E-state index in [1.54, 1.807) is 48.2 Å². The molecule has 0 radical (unpaired) electrons. The number of rotatable bonds is 10. The van der Waals surface area contributed by atoms with Crippen LogP contribution in [-0.4, -0.2) is 39.4 Å². The van der Waals surface area contributed by atoms with Crippen LogP contribution < -0.4 is 14.4 Å². The molecule has 0 aliphatic rings. The Bertz CT molecular complexity index is 1130. The van der Waals surface area contributed by atoms with Crippen molar-refractivity contribution in [3.8, 4) is 11.5 Å². The molecule has 0 aliphatic heterocycles. The van der Waals surface area contributed by atoms with Crippen LogP contribution in [0.15, 0.2) is 83.8 Å². The summed E-state index contributed by atoms with van der Waals surface area (Å²) in [5.41, 5.74) is 1.50. The van der Waals surface area contributed by atoms with Crippen molar-refractivity contribution < 1.29 is 17.9 Å². The van der Waals surface area contributed by atoms with Crippen LogP contribution in [0.5, 0.6) is 11.5 Å². The van der Waals surface area contributed by atoms with Gasteiger partial charge in [-0.2, -0.15) is 0 Å². The Labute approximate surface area is 193 Å². The minimum Gasteiger partial charge on any atom is -0.455 e. The van der Waals surface area contributed by atoms with Crippen LogP contribution in [0.2, 0.25) is 0 Å². The van der Waals surface area contributed by atoms with E-state index < -0.39 is 10.0 Å². The summed E-state index contributed by atoms with van der Waals surface area (Å²) in [6.07, 6.45) is 1.08. The number of nitrogens with one attached hydrogen (secondary N) is 1. The monoisotopic (exact) mass is 470 g/mol. The summed E-state index contributed by atoms with van der Waals surface area (Å²) in [4.78, 5) is 13.7. The fraction of sp³-hybridized carbons (Fsp3) is 0.208. The molecule has 1 N–H and O–H groups in total. The van der Waals surface area contributed by atoms with Crippen molar-refractivity contribution in [2.24, 2.45) is 0 Å². The minimum absolute atomic E-state index is 0.308. The minimum atomic E-state index is -3.72. The van der Waals surface area contributed by atoms with Gasteiger partial charge in [-0.25, -0.2) is 8.42 Å². The van der Waals surface area contributed by atoms with Gasteiger partial charge in [-0.05, 0) is 43.3 Å². The van der Waals surface area contributed by atoms with Gasteiger partial charge in [-0.1, -0.05) is 48.0 Å². The largest absolute Gasteiger partial charge is 0.455 e. The molecule has 0 aliphatic carbocycles. The third-order valence-corrected chi connectivity index (χ3v) is 6.65. The van der Waals surface area contributed by atoms with E-state index in [1.165, 1.54) is 5.56 Å². The number of carbonyl (C=O) groups is 1. The Balaban J connectivity index is 1.64. The molecule has 168 valence electrons. The first-order valence-corrected chi connectivity index (χ1v) is 12.9. The number of anilines is 1. The van der Waals surface area contributed by atoms with Crippen molar-refractivity contribution >= 4 is 33.4 Å². The zero-order valence-electron chi connectivity index (χ0n) is 18.0. The lowest BCUT2D eigenvalue weighted by molar-refractivity contribution is -0.119. The Morgan fingerprint density at radius 1 is 0.969 bits per heavy atom. The van der Waals surface area contributed by atoms with Crippen LogP contribution in [0.4, 0.5) is 5.69 Å². The Hall–Kier alpha value is -2.97. The number of aryl methyl sites for hydroxylation is 1. The summed E-state index contributed by atoms with van der Waals surface area (Å²) in [6, 6.07) is 24.0. The van der Waals surface area contributed by atoms with Crippen LogP contribution in [0.3, 0.4) is 0 Å². The lowest BCUT2D eigenvalue weighted by Crippen LogP contribution is -2.41. The van der Waals surface area contributed by atoms with Gasteiger partial charge in [0.25, 0.3) is 0 Å². The summed E-state index contributed by atoms with van der Waals surface area (Å²) in [5.74, 6) is 1.23. The molecule has 0 bridgehead atoms. The van der Waals surface area contributed by atoms with E-state index in [2.05, 4.69) is 5.32 Å². The number of thioether (sulfide) groups is 1. The maximum Gasteiger partial charge on any atom is 0.240 e. The SMILES string of the molecule is Cc1ccc(SCCNC(=O)CN(c2ccccc2Oc2ccccc2)S(C)(=O)=O)cc1. The zero-order chi connectivity index (χ0) is 23.0. The van der Waals surface area contributed by atoms with E-state index in [9.17, 15) is 13.2 Å². The van der Waals surface area contributed by atoms with Gasteiger partial charge in [-0.3, -0.25) is 9.10 Å². The highest BCUT2D eigenvalue weighted by Crippen LogP contribution is 2.33. The fourth-order valence-electron chi connectivity index (χ4n) is 2.93. The molecular formula is C24H26N2O4S2. The number of carbonyl (C=O) groups excluding carboxylic acids is 1. The van der Waals surface area contributed by atoms with Gasteiger partial charge in [-0.15, -0.1) is 11.8 Å². The predicted molar refractivity (Wildman–Crippen MR) is 130 cm³/mol. The third kappa shape index (κ3) is 7.03. The first kappa shape index (κ1) is 23.7. The first-order chi connectivity index (χ1) is 15.3. The molecule has 0 heterocycles. The number of ether oxygens (including phenoxy) is 1. The van der Waals surface area contributed by atoms with Crippen LogP contribution >= 0.6 is 11.8 Å². The Kier molecular flexibility index (Phi) is 8.19. The molecule has 0 aromatic heterocycles. The van der Waals surface area contributed by atoms with Crippen LogP contribution in [0.25, 0.3) is 0 Å². The molecule has 32 heavy (non-hydrogen) atoms. The first-order valence-electron chi connectivity index (χ1n) is 10.1. The van der Waals surface area contributed by atoms with Gasteiger partial charge in [0.1, 0.15) is 12.3 Å². The molecule has 3 aromatic carbocycles. The van der Waals surface area contributed by atoms with Gasteiger partial charge < -0.3 is 10.1 Å². The van der Waals surface area contributed by atoms with Crippen molar-refractivity contribution in [1.29, 1.82) is 0 Å². The summed E-state index contributed by atoms with van der Waals surface area (Å²) < 4.78 is 31.9. The Morgan fingerprint density at radius 2 is 1.62 bits per heavy atom. The maximum absolute atomic E-state index is 12.5. The third-order valence-electron chi connectivity index (χ3n) is 4.51. The van der Waals surface area contributed by atoms with Crippen LogP contribution in [-0.2, 0) is 14.8 Å². The molecule has 0 fully saturated rings. The number of hydrogen-bond donors (Lipinski definition) is 1. The highest BCUT2D eigenvalue weighted by atomic mass is 32.2. The number of nitrogens with zero attached hydrogens (tertiary/aromatic N) is 1. The van der Waals surface area contributed by atoms with Gasteiger partial charge in [0.05, 0.1) is 11.9 Å². The average Bonchev–Trinajstić information content (AvgIpc) is 2.77. The van der Waals surface area contributed by atoms with E-state index in [4.69, 9.17) is 4.74 Å². The molecule has 0 unspecified atom stereocenters. The lowest BCUT2D eigenvalue weighted by atomic mass is 10.2. The molecule has 0 atom stereocenters. The number of hydrogen-bond acceptors (Lipinski definition) is 5. The van der Waals surface area contributed by atoms with Crippen molar-refractivity contribution in [2.45, 2.75) is 11.8 Å². The van der Waals surface area contributed by atoms with Crippen molar-refractivity contribution in [2.75, 3.05) is 29.4 Å². The predicted octanol–water partition coefficient (Wildman–Crippen LogP) is 4.46. The average molecular weight is 471 g/mol. The van der Waals surface area contributed by atoms with Crippen molar-refractivity contribution in [3.63, 3.8) is 0 Å². The number of sulfonamides is 1. The normalized spacial score (nSPS) is 11.1. The van der Waals surface area contributed by atoms with Gasteiger partial charge in [0, 0.05) is 17.2 Å². The van der Waals surface area contributed by atoms with Crippen molar-refractivity contribution in [3.05, 3.63) is 84.4 Å². The van der Waals surface area contributed by atoms with E-state index in [-0.39, 0.29) is 12.5 Å². The second-order valence-corrected chi connectivity index (χ2v) is 10.2. The molecule has 0 spiro atoms. The molecule has 8 heteroatoms. The fourth-order valence-corrected chi connectivity index (χ4v) is 4.55. The highest BCUT2D eigenvalue weighted by molar-refractivity contribution is 7.99. The molecule has 0 saturated heterocycles. The van der Waals surface area contributed by atoms with Gasteiger partial charge in [0.2, 0.25) is 15.9 Å². The number of para-hydroxylation sites is 3. The van der Waals surface area contributed by atoms with Gasteiger partial charge >= 0.3 is 0 Å². The molecule has 3 rings (SSSR count).